The Balaban J connectivity index is 2.60. The summed E-state index contributed by atoms with van der Waals surface area (Å²) >= 11 is 0. The molecule has 0 unspecified atom stereocenters. The molecule has 0 radical (unpaired) electrons. The summed E-state index contributed by atoms with van der Waals surface area (Å²) in [5.41, 5.74) is 2.72. The molecule has 0 aliphatic rings. The number of carbonyl (C=O) groups is 1. The summed E-state index contributed by atoms with van der Waals surface area (Å²) < 4.78 is 0. The average molecular weight is 203 g/mol. The zero-order valence-electron chi connectivity index (χ0n) is 8.66. The van der Waals surface area contributed by atoms with Crippen molar-refractivity contribution in [3.63, 3.8) is 0 Å². The van der Waals surface area contributed by atoms with Gasteiger partial charge in [0.2, 0.25) is 0 Å². The minimum Gasteiger partial charge on any atom is -0.481 e. The smallest absolute Gasteiger partial charge is 0.303 e. The Morgan fingerprint density at radius 2 is 2.27 bits per heavy atom. The van der Waals surface area contributed by atoms with E-state index < -0.39 is 5.97 Å². The number of nitriles is 1. The van der Waals surface area contributed by atoms with Gasteiger partial charge in [-0.15, -0.1) is 0 Å². The lowest BCUT2D eigenvalue weighted by Gasteiger charge is -2.02. The summed E-state index contributed by atoms with van der Waals surface area (Å²) in [6.07, 6.45) is 1.58. The second-order valence-corrected chi connectivity index (χ2v) is 3.51. The van der Waals surface area contributed by atoms with Gasteiger partial charge in [-0.2, -0.15) is 5.26 Å². The Kier molecular flexibility index (Phi) is 3.87. The van der Waals surface area contributed by atoms with Crippen molar-refractivity contribution in [2.24, 2.45) is 0 Å². The van der Waals surface area contributed by atoms with Crippen molar-refractivity contribution in [3.8, 4) is 6.07 Å². The molecule has 0 aromatic heterocycles. The van der Waals surface area contributed by atoms with Gasteiger partial charge in [0.1, 0.15) is 0 Å². The van der Waals surface area contributed by atoms with E-state index in [4.69, 9.17) is 10.4 Å². The first-order chi connectivity index (χ1) is 7.13. The summed E-state index contributed by atoms with van der Waals surface area (Å²) in [6, 6.07) is 7.71. The predicted octanol–water partition coefficient (Wildman–Crippen LogP) is 2.27. The van der Waals surface area contributed by atoms with Crippen molar-refractivity contribution >= 4 is 5.97 Å². The molecule has 0 atom stereocenters. The van der Waals surface area contributed by atoms with Gasteiger partial charge in [0.15, 0.2) is 0 Å². The first kappa shape index (κ1) is 11.3. The van der Waals surface area contributed by atoms with Crippen LogP contribution >= 0.6 is 0 Å². The largest absolute Gasteiger partial charge is 0.481 e. The molecule has 0 aliphatic heterocycles. The molecule has 3 nitrogen and oxygen atoms in total. The maximum absolute atomic E-state index is 10.3. The Hall–Kier alpha value is -1.82. The molecular weight excluding hydrogens is 190 g/mol. The van der Waals surface area contributed by atoms with Crippen LogP contribution in [0.4, 0.5) is 0 Å². The molecule has 78 valence electrons. The van der Waals surface area contributed by atoms with Gasteiger partial charge in [-0.25, -0.2) is 0 Å². The molecule has 0 saturated heterocycles. The monoisotopic (exact) mass is 203 g/mol. The van der Waals surface area contributed by atoms with Crippen LogP contribution in [0, 0.1) is 18.3 Å². The number of benzene rings is 1. The highest BCUT2D eigenvalue weighted by Crippen LogP contribution is 2.12. The van der Waals surface area contributed by atoms with E-state index in [0.717, 1.165) is 17.5 Å². The van der Waals surface area contributed by atoms with Crippen molar-refractivity contribution in [2.45, 2.75) is 26.2 Å². The van der Waals surface area contributed by atoms with Crippen LogP contribution in [-0.2, 0) is 11.2 Å². The topological polar surface area (TPSA) is 61.1 Å². The van der Waals surface area contributed by atoms with Gasteiger partial charge < -0.3 is 5.11 Å². The average Bonchev–Trinajstić information content (AvgIpc) is 2.17. The number of aliphatic carboxylic acids is 1. The zero-order valence-corrected chi connectivity index (χ0v) is 8.66. The fraction of sp³-hybridized carbons (Fsp3) is 0.333. The zero-order chi connectivity index (χ0) is 11.3. The summed E-state index contributed by atoms with van der Waals surface area (Å²) in [7, 11) is 0. The molecule has 0 spiro atoms. The number of nitrogens with zero attached hydrogens (tertiary/aromatic N) is 1. The van der Waals surface area contributed by atoms with Crippen LogP contribution in [0.2, 0.25) is 0 Å². The second kappa shape index (κ2) is 5.16. The number of hydrogen-bond acceptors (Lipinski definition) is 2. The van der Waals surface area contributed by atoms with Gasteiger partial charge in [-0.3, -0.25) is 4.79 Å². The quantitative estimate of drug-likeness (QED) is 0.816. The van der Waals surface area contributed by atoms with Crippen LogP contribution in [-0.4, -0.2) is 11.1 Å². The third-order valence-electron chi connectivity index (χ3n) is 2.27. The highest BCUT2D eigenvalue weighted by molar-refractivity contribution is 5.66. The number of aryl methyl sites for hydroxylation is 2. The van der Waals surface area contributed by atoms with Crippen LogP contribution in [0.15, 0.2) is 18.2 Å². The second-order valence-electron chi connectivity index (χ2n) is 3.51. The molecule has 15 heavy (non-hydrogen) atoms. The first-order valence-corrected chi connectivity index (χ1v) is 4.85. The molecule has 0 heterocycles. The van der Waals surface area contributed by atoms with Crippen molar-refractivity contribution in [2.75, 3.05) is 0 Å². The fourth-order valence-corrected chi connectivity index (χ4v) is 1.45. The van der Waals surface area contributed by atoms with Gasteiger partial charge in [0.05, 0.1) is 11.6 Å². The van der Waals surface area contributed by atoms with Crippen LogP contribution < -0.4 is 0 Å². The van der Waals surface area contributed by atoms with E-state index in [-0.39, 0.29) is 6.42 Å². The Bertz CT molecular complexity index is 405. The van der Waals surface area contributed by atoms with Crippen molar-refractivity contribution in [1.82, 2.24) is 0 Å². The summed E-state index contributed by atoms with van der Waals surface area (Å²) in [5.74, 6) is -0.764. The standard InChI is InChI=1S/C12H13NO2/c1-9-7-10(3-2-4-12(14)15)5-6-11(9)8-13/h5-7H,2-4H2,1H3,(H,14,15). The molecule has 0 fully saturated rings. The minimum absolute atomic E-state index is 0.194. The lowest BCUT2D eigenvalue weighted by atomic mass is 10.0. The van der Waals surface area contributed by atoms with E-state index in [1.54, 1.807) is 6.07 Å². The maximum atomic E-state index is 10.3. The minimum atomic E-state index is -0.764. The van der Waals surface area contributed by atoms with E-state index in [1.807, 2.05) is 19.1 Å². The molecule has 1 N–H and O–H groups in total. The van der Waals surface area contributed by atoms with Gasteiger partial charge >= 0.3 is 5.97 Å². The molecular formula is C12H13NO2. The Labute approximate surface area is 89.0 Å². The van der Waals surface area contributed by atoms with Crippen LogP contribution in [0.3, 0.4) is 0 Å². The lowest BCUT2D eigenvalue weighted by molar-refractivity contribution is -0.137. The molecule has 0 aliphatic carbocycles. The molecule has 1 aromatic carbocycles. The Morgan fingerprint density at radius 1 is 1.53 bits per heavy atom. The predicted molar refractivity (Wildman–Crippen MR) is 56.5 cm³/mol. The number of hydrogen-bond donors (Lipinski definition) is 1. The number of carboxylic acid groups (broad SMARTS) is 1. The highest BCUT2D eigenvalue weighted by Gasteiger charge is 2.01. The highest BCUT2D eigenvalue weighted by atomic mass is 16.4. The third-order valence-corrected chi connectivity index (χ3v) is 2.27. The summed E-state index contributed by atoms with van der Waals surface area (Å²) in [4.78, 5) is 10.3. The molecule has 0 saturated carbocycles. The van der Waals surface area contributed by atoms with Crippen LogP contribution in [0.1, 0.15) is 29.5 Å². The first-order valence-electron chi connectivity index (χ1n) is 4.85. The van der Waals surface area contributed by atoms with E-state index in [1.165, 1.54) is 0 Å². The van der Waals surface area contributed by atoms with Crippen molar-refractivity contribution in [1.29, 1.82) is 5.26 Å². The molecule has 0 amide bonds. The normalized spacial score (nSPS) is 9.60. The van der Waals surface area contributed by atoms with Crippen LogP contribution in [0.5, 0.6) is 0 Å². The van der Waals surface area contributed by atoms with E-state index in [2.05, 4.69) is 6.07 Å². The molecule has 0 bridgehead atoms. The third kappa shape index (κ3) is 3.43. The van der Waals surface area contributed by atoms with Crippen molar-refractivity contribution in [3.05, 3.63) is 34.9 Å². The number of carboxylic acids is 1. The number of rotatable bonds is 4. The molecule has 1 aromatic rings. The van der Waals surface area contributed by atoms with Crippen LogP contribution in [0.25, 0.3) is 0 Å². The fourth-order valence-electron chi connectivity index (χ4n) is 1.45. The van der Waals surface area contributed by atoms with Gasteiger partial charge in [0.25, 0.3) is 0 Å². The Morgan fingerprint density at radius 3 is 2.80 bits per heavy atom. The summed E-state index contributed by atoms with van der Waals surface area (Å²) in [6.45, 7) is 1.89. The maximum Gasteiger partial charge on any atom is 0.303 e. The SMILES string of the molecule is Cc1cc(CCCC(=O)O)ccc1C#N. The van der Waals surface area contributed by atoms with Crippen molar-refractivity contribution < 1.29 is 9.90 Å². The summed E-state index contributed by atoms with van der Waals surface area (Å²) in [5, 5.41) is 17.2. The van der Waals surface area contributed by atoms with Gasteiger partial charge in [-0.1, -0.05) is 12.1 Å². The van der Waals surface area contributed by atoms with E-state index >= 15 is 0 Å². The van der Waals surface area contributed by atoms with E-state index in [0.29, 0.717) is 12.0 Å². The molecule has 1 rings (SSSR count). The molecule has 3 heteroatoms. The van der Waals surface area contributed by atoms with Gasteiger partial charge in [-0.05, 0) is 37.0 Å². The lowest BCUT2D eigenvalue weighted by Crippen LogP contribution is -1.96. The van der Waals surface area contributed by atoms with Gasteiger partial charge in [0, 0.05) is 6.42 Å². The van der Waals surface area contributed by atoms with E-state index in [9.17, 15) is 4.79 Å².